The first-order chi connectivity index (χ1) is 34.6. The van der Waals surface area contributed by atoms with Crippen LogP contribution in [-0.2, 0) is 33.3 Å². The van der Waals surface area contributed by atoms with Gasteiger partial charge in [-0.3, -0.25) is 9.59 Å². The highest BCUT2D eigenvalue weighted by atomic mass is 16.7. The lowest BCUT2D eigenvalue weighted by Crippen LogP contribution is -2.44. The van der Waals surface area contributed by atoms with E-state index in [-0.39, 0.29) is 32.2 Å². The number of nitrogens with zero attached hydrogens (tertiary/aromatic N) is 1. The fraction of sp³-hybridized carbons (Fsp3) is 0.887. The van der Waals surface area contributed by atoms with Crippen LogP contribution in [0.3, 0.4) is 0 Å². The van der Waals surface area contributed by atoms with Crippen molar-refractivity contribution in [3.8, 4) is 0 Å². The van der Waals surface area contributed by atoms with Crippen LogP contribution in [0.25, 0.3) is 0 Å². The SMILES string of the molecule is CCCCC/C=C\C/C=C\CCCCCCCCCC(=O)OC(COC(=O)CCCCCCCCCCCCCCCCCCCCCCCCCCCCCCC)COC(OCC[N+](C)(C)C)C(=O)[O-]. The molecule has 0 rings (SSSR count). The lowest BCUT2D eigenvalue weighted by molar-refractivity contribution is -0.870. The summed E-state index contributed by atoms with van der Waals surface area (Å²) >= 11 is 0. The Kier molecular flexibility index (Phi) is 52.3. The van der Waals surface area contributed by atoms with Crippen molar-refractivity contribution in [2.45, 2.75) is 309 Å². The van der Waals surface area contributed by atoms with Gasteiger partial charge in [-0.1, -0.05) is 263 Å². The molecule has 0 saturated carbocycles. The Bertz CT molecular complexity index is 1210. The van der Waals surface area contributed by atoms with E-state index in [1.165, 1.54) is 212 Å². The fourth-order valence-corrected chi connectivity index (χ4v) is 8.98. The van der Waals surface area contributed by atoms with Crippen molar-refractivity contribution >= 4 is 17.9 Å². The minimum atomic E-state index is -1.62. The van der Waals surface area contributed by atoms with E-state index in [1.54, 1.807) is 0 Å². The normalized spacial score (nSPS) is 12.9. The smallest absolute Gasteiger partial charge is 0.306 e. The average Bonchev–Trinajstić information content (AvgIpc) is 3.34. The van der Waals surface area contributed by atoms with Crippen LogP contribution in [-0.4, -0.2) is 82.3 Å². The predicted octanol–water partition coefficient (Wildman–Crippen LogP) is 16.6. The van der Waals surface area contributed by atoms with Gasteiger partial charge in [0.2, 0.25) is 0 Å². The molecular weight excluding hydrogens is 887 g/mol. The van der Waals surface area contributed by atoms with Gasteiger partial charge in [-0.25, -0.2) is 0 Å². The first kappa shape index (κ1) is 68.8. The molecule has 0 radical (unpaired) electrons. The van der Waals surface area contributed by atoms with Crippen LogP contribution in [0.2, 0.25) is 0 Å². The zero-order valence-electron chi connectivity index (χ0n) is 47.6. The number of carbonyl (C=O) groups excluding carboxylic acids is 3. The molecule has 0 aliphatic heterocycles. The summed E-state index contributed by atoms with van der Waals surface area (Å²) < 4.78 is 22.7. The third-order valence-electron chi connectivity index (χ3n) is 13.7. The highest BCUT2D eigenvalue weighted by Gasteiger charge is 2.22. The van der Waals surface area contributed by atoms with Crippen LogP contribution < -0.4 is 5.11 Å². The molecule has 0 aromatic carbocycles. The number of allylic oxidation sites excluding steroid dienone is 4. The molecule has 0 aromatic heterocycles. The molecule has 0 N–H and O–H groups in total. The van der Waals surface area contributed by atoms with Gasteiger partial charge in [-0.2, -0.15) is 0 Å². The van der Waals surface area contributed by atoms with E-state index < -0.39 is 24.3 Å². The van der Waals surface area contributed by atoms with Gasteiger partial charge in [0.25, 0.3) is 0 Å². The molecule has 0 spiro atoms. The maximum Gasteiger partial charge on any atom is 0.306 e. The lowest BCUT2D eigenvalue weighted by atomic mass is 10.0. The molecule has 0 aliphatic carbocycles. The number of unbranched alkanes of at least 4 members (excludes halogenated alkanes) is 38. The summed E-state index contributed by atoms with van der Waals surface area (Å²) in [5.41, 5.74) is 0. The number of quaternary nitrogens is 1. The predicted molar refractivity (Wildman–Crippen MR) is 297 cm³/mol. The topological polar surface area (TPSA) is 111 Å². The molecule has 0 aromatic rings. The first-order valence-corrected chi connectivity index (χ1v) is 30.5. The number of carboxylic acid groups (broad SMARTS) is 1. The van der Waals surface area contributed by atoms with Crippen molar-refractivity contribution in [2.75, 3.05) is 47.5 Å². The quantitative estimate of drug-likeness (QED) is 0.0195. The molecular formula is C62H117NO8. The molecule has 0 aliphatic rings. The largest absolute Gasteiger partial charge is 0.545 e. The summed E-state index contributed by atoms with van der Waals surface area (Å²) in [5, 5.41) is 11.8. The van der Waals surface area contributed by atoms with E-state index in [1.807, 2.05) is 21.1 Å². The number of ether oxygens (including phenoxy) is 4. The Hall–Kier alpha value is -2.23. The summed E-state index contributed by atoms with van der Waals surface area (Å²) in [6, 6.07) is 0. The summed E-state index contributed by atoms with van der Waals surface area (Å²) in [6.45, 7) is 4.76. The number of carbonyl (C=O) groups is 3. The van der Waals surface area contributed by atoms with Gasteiger partial charge in [0.05, 0.1) is 40.3 Å². The molecule has 0 amide bonds. The maximum atomic E-state index is 12.8. The summed E-state index contributed by atoms with van der Waals surface area (Å²) in [4.78, 5) is 37.3. The second-order valence-electron chi connectivity index (χ2n) is 22.0. The van der Waals surface area contributed by atoms with Gasteiger partial charge in [0.15, 0.2) is 12.4 Å². The van der Waals surface area contributed by atoms with Crippen molar-refractivity contribution in [3.05, 3.63) is 24.3 Å². The van der Waals surface area contributed by atoms with Crippen LogP contribution in [0.4, 0.5) is 0 Å². The molecule has 0 bridgehead atoms. The van der Waals surface area contributed by atoms with E-state index in [2.05, 4.69) is 38.2 Å². The molecule has 2 unspecified atom stereocenters. The van der Waals surface area contributed by atoms with Gasteiger partial charge in [0.1, 0.15) is 13.2 Å². The monoisotopic (exact) mass is 1000 g/mol. The van der Waals surface area contributed by atoms with E-state index in [0.717, 1.165) is 51.4 Å². The van der Waals surface area contributed by atoms with Crippen molar-refractivity contribution in [1.29, 1.82) is 0 Å². The number of hydrogen-bond acceptors (Lipinski definition) is 8. The zero-order chi connectivity index (χ0) is 52.0. The Morgan fingerprint density at radius 3 is 1.14 bits per heavy atom. The van der Waals surface area contributed by atoms with Crippen LogP contribution in [0.5, 0.6) is 0 Å². The number of likely N-dealkylation sites (N-methyl/N-ethyl adjacent to an activating group) is 1. The van der Waals surface area contributed by atoms with Crippen LogP contribution in [0.15, 0.2) is 24.3 Å². The van der Waals surface area contributed by atoms with E-state index >= 15 is 0 Å². The summed E-state index contributed by atoms with van der Waals surface area (Å²) in [5.74, 6) is -2.27. The van der Waals surface area contributed by atoms with Crippen molar-refractivity contribution < 1.29 is 42.9 Å². The number of carboxylic acids is 1. The van der Waals surface area contributed by atoms with Gasteiger partial charge in [-0.05, 0) is 44.9 Å². The van der Waals surface area contributed by atoms with Crippen molar-refractivity contribution in [2.24, 2.45) is 0 Å². The third-order valence-corrected chi connectivity index (χ3v) is 13.7. The third kappa shape index (κ3) is 55.4. The molecule has 71 heavy (non-hydrogen) atoms. The molecule has 418 valence electrons. The molecule has 9 heteroatoms. The molecule has 2 atom stereocenters. The minimum absolute atomic E-state index is 0.148. The second-order valence-corrected chi connectivity index (χ2v) is 22.0. The highest BCUT2D eigenvalue weighted by molar-refractivity contribution is 5.70. The highest BCUT2D eigenvalue weighted by Crippen LogP contribution is 2.18. The van der Waals surface area contributed by atoms with Gasteiger partial charge in [-0.15, -0.1) is 0 Å². The number of esters is 2. The van der Waals surface area contributed by atoms with Gasteiger partial charge >= 0.3 is 11.9 Å². The lowest BCUT2D eigenvalue weighted by Gasteiger charge is -2.26. The Morgan fingerprint density at radius 1 is 0.423 bits per heavy atom. The summed E-state index contributed by atoms with van der Waals surface area (Å²) in [7, 11) is 5.93. The molecule has 0 fully saturated rings. The summed E-state index contributed by atoms with van der Waals surface area (Å²) in [6.07, 6.45) is 61.0. The standard InChI is InChI=1S/C62H117NO8/c1-6-8-10-12-14-16-18-20-22-24-25-26-27-28-29-30-31-32-33-34-35-37-38-40-42-44-46-48-50-52-59(64)69-56-58(57-70-62(61(66)67)68-55-54-63(3,4)5)71-60(65)53-51-49-47-45-43-41-39-36-23-21-19-17-15-13-11-9-7-2/h15,17,21,23,58,62H,6-14,16,18-20,22,24-57H2,1-5H3/b17-15-,23-21-. The molecule has 0 heterocycles. The van der Waals surface area contributed by atoms with Crippen molar-refractivity contribution in [1.82, 2.24) is 0 Å². The maximum absolute atomic E-state index is 12.8. The van der Waals surface area contributed by atoms with Gasteiger partial charge < -0.3 is 33.3 Å². The van der Waals surface area contributed by atoms with Crippen molar-refractivity contribution in [3.63, 3.8) is 0 Å². The van der Waals surface area contributed by atoms with Gasteiger partial charge in [0, 0.05) is 12.8 Å². The fourth-order valence-electron chi connectivity index (χ4n) is 8.98. The first-order valence-electron chi connectivity index (χ1n) is 30.5. The number of hydrogen-bond donors (Lipinski definition) is 0. The number of rotatable bonds is 57. The Labute approximate surface area is 439 Å². The Balaban J connectivity index is 4.10. The van der Waals surface area contributed by atoms with Crippen LogP contribution in [0.1, 0.15) is 296 Å². The minimum Gasteiger partial charge on any atom is -0.545 e. The van der Waals surface area contributed by atoms with E-state index in [4.69, 9.17) is 18.9 Å². The van der Waals surface area contributed by atoms with E-state index in [9.17, 15) is 19.5 Å². The van der Waals surface area contributed by atoms with E-state index in [0.29, 0.717) is 23.9 Å². The van der Waals surface area contributed by atoms with Crippen LogP contribution in [0, 0.1) is 0 Å². The average molecular weight is 1000 g/mol. The van der Waals surface area contributed by atoms with Crippen LogP contribution >= 0.6 is 0 Å². The second kappa shape index (κ2) is 54.0. The number of aliphatic carboxylic acids is 1. The zero-order valence-corrected chi connectivity index (χ0v) is 47.6. The Morgan fingerprint density at radius 2 is 0.761 bits per heavy atom. The molecule has 9 nitrogen and oxygen atoms in total. The molecule has 0 saturated heterocycles.